The van der Waals surface area contributed by atoms with E-state index in [1.807, 2.05) is 12.4 Å². The second kappa shape index (κ2) is 4.94. The number of pyridine rings is 1. The van der Waals surface area contributed by atoms with Gasteiger partial charge in [-0.1, -0.05) is 0 Å². The van der Waals surface area contributed by atoms with Gasteiger partial charge in [0.25, 0.3) is 0 Å². The van der Waals surface area contributed by atoms with E-state index in [4.69, 9.17) is 0 Å². The minimum Gasteiger partial charge on any atom is -0.316 e. The van der Waals surface area contributed by atoms with Gasteiger partial charge in [-0.15, -0.1) is 12.4 Å². The van der Waals surface area contributed by atoms with Crippen molar-refractivity contribution in [3.63, 3.8) is 0 Å². The molecule has 0 amide bonds. The molecule has 13 heavy (non-hydrogen) atoms. The van der Waals surface area contributed by atoms with Crippen molar-refractivity contribution in [1.29, 1.82) is 0 Å². The van der Waals surface area contributed by atoms with Crippen LogP contribution in [0.3, 0.4) is 0 Å². The Hall–Kier alpha value is -0.120. The fraction of sp³-hybridized carbons (Fsp3) is 0.444. The van der Waals surface area contributed by atoms with Crippen LogP contribution in [0, 0.1) is 0 Å². The lowest BCUT2D eigenvalue weighted by atomic mass is 10.0. The van der Waals surface area contributed by atoms with Crippen LogP contribution in [0.4, 0.5) is 0 Å². The maximum atomic E-state index is 4.15. The number of nitrogens with zero attached hydrogens (tertiary/aromatic N) is 1. The molecule has 0 radical (unpaired) electrons. The third-order valence-electron chi connectivity index (χ3n) is 2.26. The van der Waals surface area contributed by atoms with E-state index in [0.717, 1.165) is 17.6 Å². The van der Waals surface area contributed by atoms with E-state index in [0.29, 0.717) is 5.92 Å². The predicted molar refractivity (Wildman–Crippen MR) is 59.4 cm³/mol. The van der Waals surface area contributed by atoms with Crippen LogP contribution in [0.25, 0.3) is 0 Å². The van der Waals surface area contributed by atoms with Crippen molar-refractivity contribution in [1.82, 2.24) is 10.3 Å². The van der Waals surface area contributed by atoms with Gasteiger partial charge in [0, 0.05) is 23.4 Å². The van der Waals surface area contributed by atoms with Crippen molar-refractivity contribution in [3.8, 4) is 0 Å². The van der Waals surface area contributed by atoms with Crippen LogP contribution in [0.5, 0.6) is 0 Å². The number of aromatic nitrogens is 1. The van der Waals surface area contributed by atoms with Gasteiger partial charge in [0.15, 0.2) is 0 Å². The SMILES string of the molecule is Brc1cncc(C2CCNC2)c1.Cl. The Morgan fingerprint density at radius 1 is 1.46 bits per heavy atom. The summed E-state index contributed by atoms with van der Waals surface area (Å²) in [6.07, 6.45) is 5.02. The first-order valence-electron chi connectivity index (χ1n) is 4.17. The standard InChI is InChI=1S/C9H11BrN2.ClH/c10-9-3-8(5-12-6-9)7-1-2-11-4-7;/h3,5-7,11H,1-2,4H2;1H. The second-order valence-corrected chi connectivity index (χ2v) is 4.04. The lowest BCUT2D eigenvalue weighted by Crippen LogP contribution is -2.08. The highest BCUT2D eigenvalue weighted by atomic mass is 79.9. The molecule has 1 aliphatic heterocycles. The van der Waals surface area contributed by atoms with Gasteiger partial charge >= 0.3 is 0 Å². The second-order valence-electron chi connectivity index (χ2n) is 3.13. The Bertz CT molecular complexity index is 274. The lowest BCUT2D eigenvalue weighted by molar-refractivity contribution is 0.758. The Kier molecular flexibility index (Phi) is 4.16. The zero-order chi connectivity index (χ0) is 8.39. The Morgan fingerprint density at radius 3 is 2.92 bits per heavy atom. The average molecular weight is 264 g/mol. The molecule has 1 N–H and O–H groups in total. The van der Waals surface area contributed by atoms with E-state index < -0.39 is 0 Å². The van der Waals surface area contributed by atoms with Gasteiger partial charge in [-0.25, -0.2) is 0 Å². The number of hydrogen-bond donors (Lipinski definition) is 1. The normalized spacial score (nSPS) is 21.2. The molecule has 1 aromatic rings. The molecule has 0 aliphatic carbocycles. The average Bonchev–Trinajstić information content (AvgIpc) is 2.56. The minimum absolute atomic E-state index is 0. The maximum Gasteiger partial charge on any atom is 0.0410 e. The quantitative estimate of drug-likeness (QED) is 0.841. The van der Waals surface area contributed by atoms with Crippen LogP contribution in [0.15, 0.2) is 22.9 Å². The summed E-state index contributed by atoms with van der Waals surface area (Å²) >= 11 is 3.43. The Morgan fingerprint density at radius 2 is 2.31 bits per heavy atom. The van der Waals surface area contributed by atoms with E-state index in [9.17, 15) is 0 Å². The summed E-state index contributed by atoms with van der Waals surface area (Å²) in [6.45, 7) is 2.23. The molecular formula is C9H12BrClN2. The fourth-order valence-electron chi connectivity index (χ4n) is 1.59. The van der Waals surface area contributed by atoms with Gasteiger partial charge < -0.3 is 5.32 Å². The number of rotatable bonds is 1. The van der Waals surface area contributed by atoms with Crippen LogP contribution in [0.1, 0.15) is 17.9 Å². The van der Waals surface area contributed by atoms with Crippen LogP contribution < -0.4 is 5.32 Å². The van der Waals surface area contributed by atoms with Gasteiger partial charge in [0.1, 0.15) is 0 Å². The molecule has 1 atom stereocenters. The molecular weight excluding hydrogens is 251 g/mol. The number of halogens is 2. The summed E-state index contributed by atoms with van der Waals surface area (Å²) in [5.41, 5.74) is 1.34. The topological polar surface area (TPSA) is 24.9 Å². The van der Waals surface area contributed by atoms with Gasteiger partial charge in [-0.3, -0.25) is 4.98 Å². The minimum atomic E-state index is 0. The van der Waals surface area contributed by atoms with E-state index in [1.165, 1.54) is 12.0 Å². The lowest BCUT2D eigenvalue weighted by Gasteiger charge is -2.07. The molecule has 4 heteroatoms. The van der Waals surface area contributed by atoms with Crippen LogP contribution in [-0.4, -0.2) is 18.1 Å². The molecule has 0 bridgehead atoms. The summed E-state index contributed by atoms with van der Waals surface area (Å²) in [6, 6.07) is 2.16. The third kappa shape index (κ3) is 2.66. The van der Waals surface area contributed by atoms with Crippen molar-refractivity contribution in [2.45, 2.75) is 12.3 Å². The first-order valence-corrected chi connectivity index (χ1v) is 4.97. The zero-order valence-electron chi connectivity index (χ0n) is 7.16. The molecule has 72 valence electrons. The largest absolute Gasteiger partial charge is 0.316 e. The molecule has 1 aromatic heterocycles. The Labute approximate surface area is 92.7 Å². The first kappa shape index (κ1) is 11.0. The smallest absolute Gasteiger partial charge is 0.0410 e. The molecule has 0 aromatic carbocycles. The summed E-state index contributed by atoms with van der Waals surface area (Å²) in [4.78, 5) is 4.15. The zero-order valence-corrected chi connectivity index (χ0v) is 9.57. The van der Waals surface area contributed by atoms with E-state index in [-0.39, 0.29) is 12.4 Å². The van der Waals surface area contributed by atoms with Crippen molar-refractivity contribution < 1.29 is 0 Å². The predicted octanol–water partition coefficient (Wildman–Crippen LogP) is 2.34. The highest BCUT2D eigenvalue weighted by molar-refractivity contribution is 9.10. The summed E-state index contributed by atoms with van der Waals surface area (Å²) < 4.78 is 1.08. The van der Waals surface area contributed by atoms with Gasteiger partial charge in [-0.2, -0.15) is 0 Å². The molecule has 1 aliphatic rings. The maximum absolute atomic E-state index is 4.15. The fourth-order valence-corrected chi connectivity index (χ4v) is 1.97. The van der Waals surface area contributed by atoms with Crippen LogP contribution >= 0.6 is 28.3 Å². The molecule has 2 nitrogen and oxygen atoms in total. The highest BCUT2D eigenvalue weighted by Crippen LogP contribution is 2.23. The summed E-state index contributed by atoms with van der Waals surface area (Å²) in [7, 11) is 0. The Balaban J connectivity index is 0.000000845. The van der Waals surface area contributed by atoms with Crippen LogP contribution in [-0.2, 0) is 0 Å². The number of hydrogen-bond acceptors (Lipinski definition) is 2. The van der Waals surface area contributed by atoms with Crippen molar-refractivity contribution in [2.75, 3.05) is 13.1 Å². The van der Waals surface area contributed by atoms with Crippen molar-refractivity contribution in [2.24, 2.45) is 0 Å². The molecule has 2 rings (SSSR count). The summed E-state index contributed by atoms with van der Waals surface area (Å²) in [5.74, 6) is 0.662. The summed E-state index contributed by atoms with van der Waals surface area (Å²) in [5, 5.41) is 3.35. The molecule has 1 fully saturated rings. The van der Waals surface area contributed by atoms with Crippen molar-refractivity contribution >= 4 is 28.3 Å². The molecule has 0 saturated carbocycles. The molecule has 1 unspecified atom stereocenters. The number of nitrogens with one attached hydrogen (secondary N) is 1. The first-order chi connectivity index (χ1) is 5.86. The van der Waals surface area contributed by atoms with Crippen molar-refractivity contribution in [3.05, 3.63) is 28.5 Å². The highest BCUT2D eigenvalue weighted by Gasteiger charge is 2.16. The molecule has 1 saturated heterocycles. The van der Waals surface area contributed by atoms with E-state index in [1.54, 1.807) is 0 Å². The molecule has 2 heterocycles. The third-order valence-corrected chi connectivity index (χ3v) is 2.69. The van der Waals surface area contributed by atoms with Gasteiger partial charge in [0.05, 0.1) is 0 Å². The van der Waals surface area contributed by atoms with E-state index >= 15 is 0 Å². The van der Waals surface area contributed by atoms with Gasteiger partial charge in [-0.05, 0) is 46.4 Å². The molecule has 0 spiro atoms. The van der Waals surface area contributed by atoms with Gasteiger partial charge in [0.2, 0.25) is 0 Å². The van der Waals surface area contributed by atoms with Crippen LogP contribution in [0.2, 0.25) is 0 Å². The van der Waals surface area contributed by atoms with E-state index in [2.05, 4.69) is 32.3 Å². The monoisotopic (exact) mass is 262 g/mol.